The number of hydrogen-bond acceptors (Lipinski definition) is 2. The number of aryl methyl sites for hydroxylation is 3. The van der Waals surface area contributed by atoms with Crippen molar-refractivity contribution in [1.82, 2.24) is 9.97 Å². The molecule has 3 nitrogen and oxygen atoms in total. The monoisotopic (exact) mass is 271 g/mol. The normalized spacial score (nSPS) is 10.9. The van der Waals surface area contributed by atoms with Crippen LogP contribution in [0.15, 0.2) is 24.4 Å². The fraction of sp³-hybridized carbons (Fsp3) is 0.471. The summed E-state index contributed by atoms with van der Waals surface area (Å²) in [7, 11) is 0. The van der Waals surface area contributed by atoms with Gasteiger partial charge in [-0.25, -0.2) is 4.98 Å². The van der Waals surface area contributed by atoms with Gasteiger partial charge in [-0.3, -0.25) is 0 Å². The first-order valence-corrected chi connectivity index (χ1v) is 7.51. The molecule has 0 aliphatic rings. The van der Waals surface area contributed by atoms with Gasteiger partial charge in [0.25, 0.3) is 0 Å². The second-order valence-electron chi connectivity index (χ2n) is 5.57. The van der Waals surface area contributed by atoms with Gasteiger partial charge in [0.05, 0.1) is 11.9 Å². The number of hydrogen-bond donors (Lipinski definition) is 2. The van der Waals surface area contributed by atoms with Crippen molar-refractivity contribution in [3.63, 3.8) is 0 Å². The van der Waals surface area contributed by atoms with Gasteiger partial charge in [0.2, 0.25) is 0 Å². The lowest BCUT2D eigenvalue weighted by atomic mass is 10.1. The Balaban J connectivity index is 1.94. The number of nitrogens with zero attached hydrogens (tertiary/aromatic N) is 1. The standard InChI is InChI=1S/C17H25N3/c1-13-9-14(2)11-15(10-13)16-12-19-17(20-16)7-5-3-4-6-8-18/h9-12H,3-8,18H2,1-2H3,(H,19,20). The predicted octanol–water partition coefficient (Wildman–Crippen LogP) is 3.76. The molecule has 20 heavy (non-hydrogen) atoms. The zero-order chi connectivity index (χ0) is 14.4. The van der Waals surface area contributed by atoms with Crippen LogP contribution in [0.4, 0.5) is 0 Å². The summed E-state index contributed by atoms with van der Waals surface area (Å²) in [6, 6.07) is 6.59. The quantitative estimate of drug-likeness (QED) is 0.753. The van der Waals surface area contributed by atoms with E-state index in [0.717, 1.165) is 30.9 Å². The van der Waals surface area contributed by atoms with Gasteiger partial charge >= 0.3 is 0 Å². The van der Waals surface area contributed by atoms with E-state index in [4.69, 9.17) is 5.73 Å². The zero-order valence-electron chi connectivity index (χ0n) is 12.6. The zero-order valence-corrected chi connectivity index (χ0v) is 12.6. The first kappa shape index (κ1) is 14.8. The lowest BCUT2D eigenvalue weighted by Crippen LogP contribution is -1.98. The summed E-state index contributed by atoms with van der Waals surface area (Å²) in [4.78, 5) is 7.93. The molecule has 2 rings (SSSR count). The van der Waals surface area contributed by atoms with Gasteiger partial charge in [0, 0.05) is 12.0 Å². The number of nitrogens with two attached hydrogens (primary N) is 1. The third-order valence-corrected chi connectivity index (χ3v) is 3.53. The van der Waals surface area contributed by atoms with E-state index in [-0.39, 0.29) is 0 Å². The van der Waals surface area contributed by atoms with Crippen molar-refractivity contribution in [3.8, 4) is 11.3 Å². The molecule has 108 valence electrons. The summed E-state index contributed by atoms with van der Waals surface area (Å²) in [5.74, 6) is 1.09. The minimum atomic E-state index is 0.803. The maximum Gasteiger partial charge on any atom is 0.106 e. The van der Waals surface area contributed by atoms with Crippen molar-refractivity contribution < 1.29 is 0 Å². The van der Waals surface area contributed by atoms with Crippen LogP contribution in [0.3, 0.4) is 0 Å². The molecule has 3 N–H and O–H groups in total. The number of benzene rings is 1. The number of nitrogens with one attached hydrogen (secondary N) is 1. The van der Waals surface area contributed by atoms with Crippen LogP contribution >= 0.6 is 0 Å². The van der Waals surface area contributed by atoms with Crippen molar-refractivity contribution in [2.75, 3.05) is 6.54 Å². The molecule has 0 atom stereocenters. The summed E-state index contributed by atoms with van der Waals surface area (Å²) in [6.45, 7) is 5.06. The number of rotatable bonds is 7. The van der Waals surface area contributed by atoms with Crippen molar-refractivity contribution in [1.29, 1.82) is 0 Å². The molecule has 3 heteroatoms. The molecule has 0 aliphatic carbocycles. The highest BCUT2D eigenvalue weighted by Crippen LogP contribution is 2.20. The molecular weight excluding hydrogens is 246 g/mol. The number of imidazole rings is 1. The smallest absolute Gasteiger partial charge is 0.106 e. The average Bonchev–Trinajstić information content (AvgIpc) is 2.86. The lowest BCUT2D eigenvalue weighted by Gasteiger charge is -2.02. The first-order valence-electron chi connectivity index (χ1n) is 7.51. The van der Waals surface area contributed by atoms with Crippen molar-refractivity contribution >= 4 is 0 Å². The van der Waals surface area contributed by atoms with Crippen LogP contribution in [0.25, 0.3) is 11.3 Å². The van der Waals surface area contributed by atoms with E-state index in [0.29, 0.717) is 0 Å². The molecular formula is C17H25N3. The molecule has 0 saturated carbocycles. The fourth-order valence-electron chi connectivity index (χ4n) is 2.56. The predicted molar refractivity (Wildman–Crippen MR) is 84.7 cm³/mol. The lowest BCUT2D eigenvalue weighted by molar-refractivity contribution is 0.638. The van der Waals surface area contributed by atoms with Crippen LogP contribution in [0.1, 0.15) is 42.6 Å². The van der Waals surface area contributed by atoms with Gasteiger partial charge in [-0.05, 0) is 45.4 Å². The van der Waals surface area contributed by atoms with Crippen molar-refractivity contribution in [2.24, 2.45) is 5.73 Å². The molecule has 2 aromatic rings. The van der Waals surface area contributed by atoms with Gasteiger partial charge in [-0.15, -0.1) is 0 Å². The van der Waals surface area contributed by atoms with E-state index in [1.807, 2.05) is 6.20 Å². The molecule has 0 aliphatic heterocycles. The van der Waals surface area contributed by atoms with Crippen LogP contribution in [0, 0.1) is 13.8 Å². The van der Waals surface area contributed by atoms with Crippen LogP contribution in [-0.4, -0.2) is 16.5 Å². The second kappa shape index (κ2) is 7.25. The third kappa shape index (κ3) is 4.20. The molecule has 0 saturated heterocycles. The number of unbranched alkanes of at least 4 members (excludes halogenated alkanes) is 3. The van der Waals surface area contributed by atoms with Crippen LogP contribution in [0.2, 0.25) is 0 Å². The van der Waals surface area contributed by atoms with E-state index in [9.17, 15) is 0 Å². The summed E-state index contributed by atoms with van der Waals surface area (Å²) >= 11 is 0. The summed E-state index contributed by atoms with van der Waals surface area (Å²) in [6.07, 6.45) is 7.74. The van der Waals surface area contributed by atoms with Gasteiger partial charge < -0.3 is 10.7 Å². The van der Waals surface area contributed by atoms with Gasteiger partial charge in [-0.1, -0.05) is 30.0 Å². The first-order chi connectivity index (χ1) is 9.69. The Morgan fingerprint density at radius 1 is 1.00 bits per heavy atom. The highest BCUT2D eigenvalue weighted by Gasteiger charge is 2.04. The Labute approximate surface area is 121 Å². The molecule has 0 bridgehead atoms. The minimum absolute atomic E-state index is 0.803. The van der Waals surface area contributed by atoms with Crippen molar-refractivity contribution in [2.45, 2.75) is 46.0 Å². The maximum atomic E-state index is 5.50. The van der Waals surface area contributed by atoms with Crippen LogP contribution in [-0.2, 0) is 6.42 Å². The topological polar surface area (TPSA) is 54.7 Å². The molecule has 0 amide bonds. The maximum absolute atomic E-state index is 5.50. The fourth-order valence-corrected chi connectivity index (χ4v) is 2.56. The molecule has 0 spiro atoms. The highest BCUT2D eigenvalue weighted by molar-refractivity contribution is 5.60. The Hall–Kier alpha value is -1.61. The minimum Gasteiger partial charge on any atom is -0.342 e. The SMILES string of the molecule is Cc1cc(C)cc(-c2cnc(CCCCCCN)[nH]2)c1. The van der Waals surface area contributed by atoms with Crippen LogP contribution in [0.5, 0.6) is 0 Å². The molecule has 1 aromatic heterocycles. The van der Waals surface area contributed by atoms with E-state index in [1.54, 1.807) is 0 Å². The van der Waals surface area contributed by atoms with E-state index in [1.165, 1.54) is 36.0 Å². The number of aromatic amines is 1. The number of aromatic nitrogens is 2. The Morgan fingerprint density at radius 2 is 1.70 bits per heavy atom. The Kier molecular flexibility index (Phi) is 5.36. The number of H-pyrrole nitrogens is 1. The largest absolute Gasteiger partial charge is 0.342 e. The summed E-state index contributed by atoms with van der Waals surface area (Å²) in [5.41, 5.74) is 10.4. The van der Waals surface area contributed by atoms with Gasteiger partial charge in [0.15, 0.2) is 0 Å². The summed E-state index contributed by atoms with van der Waals surface area (Å²) in [5, 5.41) is 0. The van der Waals surface area contributed by atoms with E-state index in [2.05, 4.69) is 42.0 Å². The molecule has 1 heterocycles. The van der Waals surface area contributed by atoms with E-state index >= 15 is 0 Å². The molecule has 0 fully saturated rings. The van der Waals surface area contributed by atoms with Gasteiger partial charge in [0.1, 0.15) is 5.82 Å². The van der Waals surface area contributed by atoms with E-state index < -0.39 is 0 Å². The van der Waals surface area contributed by atoms with Crippen molar-refractivity contribution in [3.05, 3.63) is 41.3 Å². The molecule has 1 aromatic carbocycles. The van der Waals surface area contributed by atoms with Gasteiger partial charge in [-0.2, -0.15) is 0 Å². The second-order valence-corrected chi connectivity index (χ2v) is 5.57. The highest BCUT2D eigenvalue weighted by atomic mass is 14.9. The Morgan fingerprint density at radius 3 is 2.40 bits per heavy atom. The van der Waals surface area contributed by atoms with Crippen LogP contribution < -0.4 is 5.73 Å². The Bertz CT molecular complexity index is 523. The summed E-state index contributed by atoms with van der Waals surface area (Å²) < 4.78 is 0. The molecule has 0 radical (unpaired) electrons. The molecule has 0 unspecified atom stereocenters. The average molecular weight is 271 g/mol. The third-order valence-electron chi connectivity index (χ3n) is 3.53.